The van der Waals surface area contributed by atoms with Crippen LogP contribution in [0.25, 0.3) is 0 Å². The summed E-state index contributed by atoms with van der Waals surface area (Å²) in [5.41, 5.74) is -0.0391. The van der Waals surface area contributed by atoms with Crippen molar-refractivity contribution >= 4 is 23.6 Å². The highest BCUT2D eigenvalue weighted by Gasteiger charge is 2.38. The first kappa shape index (κ1) is 19.6. The third-order valence-corrected chi connectivity index (χ3v) is 5.79. The Morgan fingerprint density at radius 1 is 1.21 bits per heavy atom. The molecule has 6 heteroatoms. The fourth-order valence-corrected chi connectivity index (χ4v) is 4.54. The molecule has 0 aromatic heterocycles. The second-order valence-corrected chi connectivity index (χ2v) is 9.19. The number of thioether (sulfide) groups is 1. The zero-order valence-electron chi connectivity index (χ0n) is 15.6. The van der Waals surface area contributed by atoms with Crippen molar-refractivity contribution in [3.63, 3.8) is 0 Å². The Balaban J connectivity index is 1.88. The highest BCUT2D eigenvalue weighted by molar-refractivity contribution is 7.99. The van der Waals surface area contributed by atoms with Gasteiger partial charge in [-0.25, -0.2) is 0 Å². The maximum Gasteiger partial charge on any atom is 0.246 e. The molecular weight excluding hydrogens is 322 g/mol. The number of nitrogens with one attached hydrogen (secondary N) is 1. The molecule has 2 rings (SSSR count). The number of hydrogen-bond acceptors (Lipinski definition) is 4. The quantitative estimate of drug-likeness (QED) is 0.821. The van der Waals surface area contributed by atoms with Gasteiger partial charge in [0.05, 0.1) is 5.88 Å². The normalized spacial score (nSPS) is 22.9. The zero-order chi connectivity index (χ0) is 17.7. The van der Waals surface area contributed by atoms with Crippen molar-refractivity contribution in [2.45, 2.75) is 53.0 Å². The summed E-state index contributed by atoms with van der Waals surface area (Å²) in [7, 11) is 0. The molecule has 0 bridgehead atoms. The molecule has 0 aromatic carbocycles. The molecule has 0 aliphatic carbocycles. The number of hydrogen-bond donors (Lipinski definition) is 1. The summed E-state index contributed by atoms with van der Waals surface area (Å²) >= 11 is 1.70. The Hall–Kier alpha value is -0.750. The van der Waals surface area contributed by atoms with Crippen LogP contribution in [-0.4, -0.2) is 65.5 Å². The second kappa shape index (κ2) is 8.56. The fourth-order valence-electron chi connectivity index (χ4n) is 3.36. The van der Waals surface area contributed by atoms with Crippen LogP contribution in [0.4, 0.5) is 0 Å². The Kier molecular flexibility index (Phi) is 6.99. The molecule has 2 saturated heterocycles. The van der Waals surface area contributed by atoms with Crippen LogP contribution in [0.5, 0.6) is 0 Å². The van der Waals surface area contributed by atoms with Crippen LogP contribution in [0.15, 0.2) is 0 Å². The van der Waals surface area contributed by atoms with E-state index in [1.165, 1.54) is 0 Å². The van der Waals surface area contributed by atoms with Gasteiger partial charge in [0.1, 0.15) is 6.04 Å². The molecule has 0 spiro atoms. The number of nitrogens with zero attached hydrogens (tertiary/aromatic N) is 2. The Bertz CT molecular complexity index is 442. The summed E-state index contributed by atoms with van der Waals surface area (Å²) in [4.78, 5) is 29.3. The van der Waals surface area contributed by atoms with E-state index in [1.54, 1.807) is 11.8 Å². The molecule has 1 unspecified atom stereocenters. The van der Waals surface area contributed by atoms with Gasteiger partial charge in [-0.2, -0.15) is 0 Å². The molecule has 2 fully saturated rings. The van der Waals surface area contributed by atoms with Crippen molar-refractivity contribution in [3.05, 3.63) is 0 Å². The third kappa shape index (κ3) is 5.38. The third-order valence-electron chi connectivity index (χ3n) is 4.78. The van der Waals surface area contributed by atoms with Crippen LogP contribution in [0.3, 0.4) is 0 Å². The lowest BCUT2D eigenvalue weighted by atomic mass is 9.91. The molecule has 24 heavy (non-hydrogen) atoms. The van der Waals surface area contributed by atoms with E-state index in [0.717, 1.165) is 44.8 Å². The van der Waals surface area contributed by atoms with Crippen molar-refractivity contribution < 1.29 is 9.59 Å². The number of likely N-dealkylation sites (tertiary alicyclic amines) is 1. The fraction of sp³-hybridized carbons (Fsp3) is 0.889. The van der Waals surface area contributed by atoms with Gasteiger partial charge in [0.25, 0.3) is 0 Å². The van der Waals surface area contributed by atoms with Crippen LogP contribution in [0.2, 0.25) is 0 Å². The van der Waals surface area contributed by atoms with E-state index in [-0.39, 0.29) is 23.3 Å². The summed E-state index contributed by atoms with van der Waals surface area (Å²) in [5.74, 6) is 2.34. The number of piperidine rings is 1. The lowest BCUT2D eigenvalue weighted by Crippen LogP contribution is -2.51. The summed E-state index contributed by atoms with van der Waals surface area (Å²) in [6.07, 6.45) is 2.63. The lowest BCUT2D eigenvalue weighted by Gasteiger charge is -2.35. The SMILES string of the molecule is CCNCC1CCN(C(=O)C2CSCN2C(=O)CC(C)(C)C)CC1. The van der Waals surface area contributed by atoms with Crippen molar-refractivity contribution in [2.75, 3.05) is 37.8 Å². The van der Waals surface area contributed by atoms with E-state index in [2.05, 4.69) is 33.0 Å². The number of carbonyl (C=O) groups is 2. The minimum Gasteiger partial charge on any atom is -0.341 e. The minimum atomic E-state index is -0.254. The van der Waals surface area contributed by atoms with Gasteiger partial charge < -0.3 is 15.1 Å². The summed E-state index contributed by atoms with van der Waals surface area (Å²) in [5, 5.41) is 3.40. The molecule has 0 radical (unpaired) electrons. The van der Waals surface area contributed by atoms with Crippen molar-refractivity contribution in [1.29, 1.82) is 0 Å². The molecule has 5 nitrogen and oxygen atoms in total. The molecule has 0 saturated carbocycles. The van der Waals surface area contributed by atoms with Gasteiger partial charge in [-0.15, -0.1) is 11.8 Å². The van der Waals surface area contributed by atoms with E-state index in [4.69, 9.17) is 0 Å². The molecule has 2 aliphatic heterocycles. The van der Waals surface area contributed by atoms with Gasteiger partial charge in [-0.05, 0) is 37.3 Å². The first-order chi connectivity index (χ1) is 11.3. The van der Waals surface area contributed by atoms with E-state index >= 15 is 0 Å². The van der Waals surface area contributed by atoms with E-state index in [9.17, 15) is 9.59 Å². The van der Waals surface area contributed by atoms with Crippen LogP contribution in [0, 0.1) is 11.3 Å². The minimum absolute atomic E-state index is 0.0391. The number of rotatable bonds is 5. The van der Waals surface area contributed by atoms with Crippen LogP contribution in [-0.2, 0) is 9.59 Å². The molecule has 1 N–H and O–H groups in total. The molecule has 138 valence electrons. The van der Waals surface area contributed by atoms with E-state index in [1.807, 2.05) is 9.80 Å². The van der Waals surface area contributed by atoms with Crippen LogP contribution < -0.4 is 5.32 Å². The maximum absolute atomic E-state index is 12.9. The summed E-state index contributed by atoms with van der Waals surface area (Å²) in [6, 6.07) is -0.254. The smallest absolute Gasteiger partial charge is 0.246 e. The monoisotopic (exact) mass is 355 g/mol. The number of amides is 2. The van der Waals surface area contributed by atoms with Gasteiger partial charge in [0.15, 0.2) is 0 Å². The van der Waals surface area contributed by atoms with Gasteiger partial charge in [-0.3, -0.25) is 9.59 Å². The molecule has 2 heterocycles. The second-order valence-electron chi connectivity index (χ2n) is 8.19. The van der Waals surface area contributed by atoms with Crippen molar-refractivity contribution in [2.24, 2.45) is 11.3 Å². The topological polar surface area (TPSA) is 52.7 Å². The van der Waals surface area contributed by atoms with E-state index in [0.29, 0.717) is 18.2 Å². The Morgan fingerprint density at radius 2 is 1.88 bits per heavy atom. The van der Waals surface area contributed by atoms with Gasteiger partial charge in [-0.1, -0.05) is 27.7 Å². The molecule has 1 atom stereocenters. The molecular formula is C18H33N3O2S. The summed E-state index contributed by atoms with van der Waals surface area (Å²) in [6.45, 7) is 12.0. The zero-order valence-corrected chi connectivity index (χ0v) is 16.5. The standard InChI is InChI=1S/C18H33N3O2S/c1-5-19-11-14-6-8-20(9-7-14)17(23)15-12-24-13-21(15)16(22)10-18(2,3)4/h14-15,19H,5-13H2,1-4H3. The molecule has 2 aliphatic rings. The predicted octanol–water partition coefficient (Wildman–Crippen LogP) is 2.17. The van der Waals surface area contributed by atoms with Crippen molar-refractivity contribution in [3.8, 4) is 0 Å². The average molecular weight is 356 g/mol. The van der Waals surface area contributed by atoms with Crippen LogP contribution in [0.1, 0.15) is 47.0 Å². The Labute approximate surface area is 150 Å². The average Bonchev–Trinajstić information content (AvgIpc) is 3.01. The predicted molar refractivity (Wildman–Crippen MR) is 99.9 cm³/mol. The summed E-state index contributed by atoms with van der Waals surface area (Å²) < 4.78 is 0. The first-order valence-electron chi connectivity index (χ1n) is 9.18. The maximum atomic E-state index is 12.9. The van der Waals surface area contributed by atoms with Gasteiger partial charge in [0.2, 0.25) is 11.8 Å². The van der Waals surface area contributed by atoms with Crippen molar-refractivity contribution in [1.82, 2.24) is 15.1 Å². The molecule has 2 amide bonds. The van der Waals surface area contributed by atoms with Gasteiger partial charge >= 0.3 is 0 Å². The first-order valence-corrected chi connectivity index (χ1v) is 10.3. The van der Waals surface area contributed by atoms with Gasteiger partial charge in [0, 0.05) is 25.3 Å². The highest BCUT2D eigenvalue weighted by Crippen LogP contribution is 2.28. The molecule has 0 aromatic rings. The lowest BCUT2D eigenvalue weighted by molar-refractivity contribution is -0.145. The van der Waals surface area contributed by atoms with Crippen LogP contribution >= 0.6 is 11.8 Å². The Morgan fingerprint density at radius 3 is 2.46 bits per heavy atom. The largest absolute Gasteiger partial charge is 0.341 e. The highest BCUT2D eigenvalue weighted by atomic mass is 32.2. The number of carbonyl (C=O) groups excluding carboxylic acids is 2. The van der Waals surface area contributed by atoms with E-state index < -0.39 is 0 Å².